The van der Waals surface area contributed by atoms with Gasteiger partial charge in [-0.05, 0) is 54.6 Å². The van der Waals surface area contributed by atoms with E-state index in [1.807, 2.05) is 29.7 Å². The molecule has 0 amide bonds. The lowest BCUT2D eigenvalue weighted by Crippen LogP contribution is -2.35. The predicted molar refractivity (Wildman–Crippen MR) is 105 cm³/mol. The van der Waals surface area contributed by atoms with Crippen LogP contribution in [0.1, 0.15) is 29.1 Å². The highest BCUT2D eigenvalue weighted by atomic mass is 32.2. The van der Waals surface area contributed by atoms with Crippen molar-refractivity contribution >= 4 is 55.1 Å². The van der Waals surface area contributed by atoms with E-state index in [9.17, 15) is 8.42 Å². The number of hydrogen-bond donors (Lipinski definition) is 0. The van der Waals surface area contributed by atoms with Crippen molar-refractivity contribution in [1.29, 1.82) is 0 Å². The third kappa shape index (κ3) is 3.55. The maximum atomic E-state index is 12.8. The highest BCUT2D eigenvalue weighted by molar-refractivity contribution is 7.89. The predicted octanol–water partition coefficient (Wildman–Crippen LogP) is 4.70. The Morgan fingerprint density at radius 1 is 1.08 bits per heavy atom. The first-order valence-corrected chi connectivity index (χ1v) is 11.4. The number of fused-ring (bicyclic) bond motifs is 1. The Bertz CT molecular complexity index is 998. The van der Waals surface area contributed by atoms with E-state index in [1.165, 1.54) is 16.2 Å². The molecule has 0 atom stereocenters. The second-order valence-corrected chi connectivity index (χ2v) is 9.97. The molecule has 130 valence electrons. The van der Waals surface area contributed by atoms with Gasteiger partial charge in [0.05, 0.1) is 15.1 Å². The Balaban J connectivity index is 1.64. The van der Waals surface area contributed by atoms with Crippen LogP contribution in [-0.4, -0.2) is 30.8 Å². The molecule has 3 heterocycles. The van der Waals surface area contributed by atoms with Crippen molar-refractivity contribution in [2.45, 2.75) is 24.2 Å². The van der Waals surface area contributed by atoms with Crippen LogP contribution in [0.5, 0.6) is 0 Å². The van der Waals surface area contributed by atoms with Crippen LogP contribution >= 0.6 is 22.7 Å². The molecule has 4 rings (SSSR count). The number of thiazole rings is 1. The van der Waals surface area contributed by atoms with Crippen molar-refractivity contribution in [3.8, 4) is 0 Å². The summed E-state index contributed by atoms with van der Waals surface area (Å²) in [5.74, 6) is 0. The quantitative estimate of drug-likeness (QED) is 0.649. The maximum Gasteiger partial charge on any atom is 0.243 e. The molecule has 0 bridgehead atoms. The molecular weight excluding hydrogens is 372 g/mol. The molecular formula is C18H18N2O2S3. The highest BCUT2D eigenvalue weighted by Gasteiger charge is 2.26. The van der Waals surface area contributed by atoms with Crippen LogP contribution in [0.3, 0.4) is 0 Å². The molecule has 1 aliphatic heterocycles. The van der Waals surface area contributed by atoms with Crippen LogP contribution in [0, 0.1) is 0 Å². The van der Waals surface area contributed by atoms with Crippen LogP contribution < -0.4 is 0 Å². The molecule has 1 aliphatic rings. The van der Waals surface area contributed by atoms with Crippen molar-refractivity contribution in [3.63, 3.8) is 0 Å². The SMILES string of the molecule is O=S(=O)(c1ccc2nc(C=Cc3cccs3)sc2c1)N1CCCCC1. The molecule has 0 aliphatic carbocycles. The molecule has 0 unspecified atom stereocenters. The summed E-state index contributed by atoms with van der Waals surface area (Å²) >= 11 is 3.20. The molecule has 2 aromatic heterocycles. The second-order valence-electron chi connectivity index (χ2n) is 6.00. The second kappa shape index (κ2) is 6.99. The first-order valence-electron chi connectivity index (χ1n) is 8.25. The summed E-state index contributed by atoms with van der Waals surface area (Å²) in [6.45, 7) is 1.25. The molecule has 0 radical (unpaired) electrons. The summed E-state index contributed by atoms with van der Waals surface area (Å²) in [5, 5.41) is 2.92. The van der Waals surface area contributed by atoms with Crippen LogP contribution in [0.15, 0.2) is 40.6 Å². The summed E-state index contributed by atoms with van der Waals surface area (Å²) < 4.78 is 28.1. The fourth-order valence-corrected chi connectivity index (χ4v) is 6.09. The van der Waals surface area contributed by atoms with Crippen molar-refractivity contribution < 1.29 is 8.42 Å². The largest absolute Gasteiger partial charge is 0.243 e. The van der Waals surface area contributed by atoms with Crippen LogP contribution in [-0.2, 0) is 10.0 Å². The van der Waals surface area contributed by atoms with Crippen molar-refractivity contribution in [2.75, 3.05) is 13.1 Å². The molecule has 0 saturated carbocycles. The average molecular weight is 391 g/mol. The Kier molecular flexibility index (Phi) is 4.73. The zero-order valence-corrected chi connectivity index (χ0v) is 16.0. The van der Waals surface area contributed by atoms with Gasteiger partial charge in [0.1, 0.15) is 5.01 Å². The minimum atomic E-state index is -3.40. The summed E-state index contributed by atoms with van der Waals surface area (Å²) in [6, 6.07) is 9.32. The molecule has 1 aromatic carbocycles. The zero-order chi connectivity index (χ0) is 17.3. The number of piperidine rings is 1. The molecule has 4 nitrogen and oxygen atoms in total. The van der Waals surface area contributed by atoms with Gasteiger partial charge in [0.2, 0.25) is 10.0 Å². The first-order chi connectivity index (χ1) is 12.1. The monoisotopic (exact) mass is 390 g/mol. The third-order valence-electron chi connectivity index (χ3n) is 4.26. The van der Waals surface area contributed by atoms with E-state index in [1.54, 1.807) is 27.8 Å². The third-order valence-corrected chi connectivity index (χ3v) is 7.98. The Labute approximate surface area is 155 Å². The number of rotatable bonds is 4. The molecule has 1 saturated heterocycles. The fraction of sp³-hybridized carbons (Fsp3) is 0.278. The van der Waals surface area contributed by atoms with Gasteiger partial charge in [-0.1, -0.05) is 12.5 Å². The van der Waals surface area contributed by atoms with Gasteiger partial charge in [0, 0.05) is 18.0 Å². The van der Waals surface area contributed by atoms with Crippen molar-refractivity contribution in [1.82, 2.24) is 9.29 Å². The number of thiophene rings is 1. The van der Waals surface area contributed by atoms with E-state index in [0.717, 1.165) is 34.5 Å². The van der Waals surface area contributed by atoms with Gasteiger partial charge in [0.25, 0.3) is 0 Å². The molecule has 1 fully saturated rings. The van der Waals surface area contributed by atoms with E-state index in [-0.39, 0.29) is 0 Å². The maximum absolute atomic E-state index is 12.8. The summed E-state index contributed by atoms with van der Waals surface area (Å²) in [7, 11) is -3.40. The topological polar surface area (TPSA) is 50.3 Å². The molecule has 3 aromatic rings. The van der Waals surface area contributed by atoms with Crippen LogP contribution in [0.2, 0.25) is 0 Å². The summed E-state index contributed by atoms with van der Waals surface area (Å²) in [5.41, 5.74) is 0.841. The number of hydrogen-bond acceptors (Lipinski definition) is 5. The van der Waals surface area contributed by atoms with Gasteiger partial charge in [-0.15, -0.1) is 22.7 Å². The highest BCUT2D eigenvalue weighted by Crippen LogP contribution is 2.28. The molecule has 0 N–H and O–H groups in total. The van der Waals surface area contributed by atoms with Gasteiger partial charge < -0.3 is 0 Å². The van der Waals surface area contributed by atoms with Crippen molar-refractivity contribution in [3.05, 3.63) is 45.6 Å². The van der Waals surface area contributed by atoms with E-state index < -0.39 is 10.0 Å². The zero-order valence-electron chi connectivity index (χ0n) is 13.6. The molecule has 25 heavy (non-hydrogen) atoms. The fourth-order valence-electron chi connectivity index (χ4n) is 2.95. The lowest BCUT2D eigenvalue weighted by atomic mass is 10.2. The summed E-state index contributed by atoms with van der Waals surface area (Å²) in [4.78, 5) is 6.12. The Morgan fingerprint density at radius 3 is 2.68 bits per heavy atom. The minimum Gasteiger partial charge on any atom is -0.237 e. The minimum absolute atomic E-state index is 0.374. The van der Waals surface area contributed by atoms with Gasteiger partial charge in [-0.3, -0.25) is 0 Å². The lowest BCUT2D eigenvalue weighted by Gasteiger charge is -2.25. The molecule has 7 heteroatoms. The van der Waals surface area contributed by atoms with E-state index in [4.69, 9.17) is 0 Å². The first kappa shape index (κ1) is 16.9. The van der Waals surface area contributed by atoms with Gasteiger partial charge >= 0.3 is 0 Å². The van der Waals surface area contributed by atoms with E-state index in [0.29, 0.717) is 18.0 Å². The van der Waals surface area contributed by atoms with Gasteiger partial charge in [-0.2, -0.15) is 4.31 Å². The van der Waals surface area contributed by atoms with Gasteiger partial charge in [0.15, 0.2) is 0 Å². The van der Waals surface area contributed by atoms with Crippen LogP contribution in [0.4, 0.5) is 0 Å². The Morgan fingerprint density at radius 2 is 1.92 bits per heavy atom. The summed E-state index contributed by atoms with van der Waals surface area (Å²) in [6.07, 6.45) is 7.02. The van der Waals surface area contributed by atoms with Gasteiger partial charge in [-0.25, -0.2) is 13.4 Å². The number of sulfonamides is 1. The van der Waals surface area contributed by atoms with E-state index >= 15 is 0 Å². The van der Waals surface area contributed by atoms with Crippen LogP contribution in [0.25, 0.3) is 22.4 Å². The average Bonchev–Trinajstić information content (AvgIpc) is 3.29. The normalized spacial score (nSPS) is 16.8. The van der Waals surface area contributed by atoms with Crippen molar-refractivity contribution in [2.24, 2.45) is 0 Å². The van der Waals surface area contributed by atoms with E-state index in [2.05, 4.69) is 11.1 Å². The smallest absolute Gasteiger partial charge is 0.237 e. The number of benzene rings is 1. The standard InChI is InChI=1S/C18H18N2O2S3/c21-25(22,20-10-2-1-3-11-20)15-7-8-16-17(13-15)24-18(19-16)9-6-14-5-4-12-23-14/h4-9,12-13H,1-3,10-11H2. The Hall–Kier alpha value is -1.54. The number of aromatic nitrogens is 1. The lowest BCUT2D eigenvalue weighted by molar-refractivity contribution is 0.346. The number of nitrogens with zero attached hydrogens (tertiary/aromatic N) is 2. The molecule has 0 spiro atoms.